The van der Waals surface area contributed by atoms with Crippen molar-refractivity contribution in [3.05, 3.63) is 43.9 Å². The Morgan fingerprint density at radius 3 is 2.76 bits per heavy atom. The third kappa shape index (κ3) is 3.16. The first kappa shape index (κ1) is 15.0. The second kappa shape index (κ2) is 6.08. The molecule has 7 heteroatoms. The highest BCUT2D eigenvalue weighted by molar-refractivity contribution is 9.10. The SMILES string of the molecule is CCc1cc2c(Nc3ccc(Cl)cc3Br)nc(Cl)nc2s1. The third-order valence-electron chi connectivity index (χ3n) is 2.95. The van der Waals surface area contributed by atoms with E-state index in [1.54, 1.807) is 11.3 Å². The van der Waals surface area contributed by atoms with E-state index in [-0.39, 0.29) is 5.28 Å². The summed E-state index contributed by atoms with van der Waals surface area (Å²) in [4.78, 5) is 10.7. The first-order valence-corrected chi connectivity index (χ1v) is 8.61. The molecule has 0 aliphatic rings. The summed E-state index contributed by atoms with van der Waals surface area (Å²) in [6.45, 7) is 2.11. The van der Waals surface area contributed by atoms with Gasteiger partial charge in [0.15, 0.2) is 0 Å². The van der Waals surface area contributed by atoms with Crippen molar-refractivity contribution in [3.63, 3.8) is 0 Å². The van der Waals surface area contributed by atoms with E-state index in [4.69, 9.17) is 23.2 Å². The second-order valence-electron chi connectivity index (χ2n) is 4.38. The molecular weight excluding hydrogens is 393 g/mol. The second-order valence-corrected chi connectivity index (χ2v) is 7.12. The van der Waals surface area contributed by atoms with Gasteiger partial charge in [0.25, 0.3) is 0 Å². The van der Waals surface area contributed by atoms with Gasteiger partial charge in [0.1, 0.15) is 10.6 Å². The van der Waals surface area contributed by atoms with Gasteiger partial charge in [-0.15, -0.1) is 11.3 Å². The van der Waals surface area contributed by atoms with Crippen LogP contribution in [-0.2, 0) is 6.42 Å². The number of aromatic nitrogens is 2. The van der Waals surface area contributed by atoms with Crippen molar-refractivity contribution < 1.29 is 0 Å². The molecule has 0 aliphatic carbocycles. The monoisotopic (exact) mass is 401 g/mol. The Hall–Kier alpha value is -0.880. The average molecular weight is 403 g/mol. The molecule has 0 spiro atoms. The molecule has 0 radical (unpaired) electrons. The van der Waals surface area contributed by atoms with E-state index in [2.05, 4.69) is 44.2 Å². The molecule has 0 fully saturated rings. The number of rotatable bonds is 3. The summed E-state index contributed by atoms with van der Waals surface area (Å²) < 4.78 is 0.865. The van der Waals surface area contributed by atoms with Crippen molar-refractivity contribution in [1.82, 2.24) is 9.97 Å². The summed E-state index contributed by atoms with van der Waals surface area (Å²) >= 11 is 17.1. The number of nitrogens with zero attached hydrogens (tertiary/aromatic N) is 2. The molecule has 1 aromatic carbocycles. The van der Waals surface area contributed by atoms with Crippen LogP contribution in [0.25, 0.3) is 10.2 Å². The lowest BCUT2D eigenvalue weighted by Crippen LogP contribution is -1.96. The highest BCUT2D eigenvalue weighted by atomic mass is 79.9. The number of thiophene rings is 1. The summed E-state index contributed by atoms with van der Waals surface area (Å²) in [5.74, 6) is 0.698. The maximum absolute atomic E-state index is 6.02. The van der Waals surface area contributed by atoms with E-state index in [1.165, 1.54) is 4.88 Å². The number of nitrogens with one attached hydrogen (secondary N) is 1. The number of halogens is 3. The minimum atomic E-state index is 0.236. The number of benzene rings is 1. The van der Waals surface area contributed by atoms with Crippen molar-refractivity contribution in [2.75, 3.05) is 5.32 Å². The lowest BCUT2D eigenvalue weighted by molar-refractivity contribution is 1.19. The minimum absolute atomic E-state index is 0.236. The molecule has 0 aliphatic heterocycles. The molecule has 2 aromatic heterocycles. The van der Waals surface area contributed by atoms with Gasteiger partial charge in [0, 0.05) is 14.4 Å². The Morgan fingerprint density at radius 1 is 1.24 bits per heavy atom. The van der Waals surface area contributed by atoms with E-state index in [1.807, 2.05) is 18.2 Å². The van der Waals surface area contributed by atoms with Crippen LogP contribution in [0.3, 0.4) is 0 Å². The van der Waals surface area contributed by atoms with Gasteiger partial charge in [-0.3, -0.25) is 0 Å². The normalized spacial score (nSPS) is 11.0. The summed E-state index contributed by atoms with van der Waals surface area (Å²) in [6.07, 6.45) is 0.961. The van der Waals surface area contributed by atoms with E-state index >= 15 is 0 Å². The first-order valence-electron chi connectivity index (χ1n) is 6.25. The lowest BCUT2D eigenvalue weighted by atomic mass is 10.3. The van der Waals surface area contributed by atoms with Crippen LogP contribution < -0.4 is 5.32 Å². The van der Waals surface area contributed by atoms with E-state index in [0.29, 0.717) is 10.8 Å². The van der Waals surface area contributed by atoms with Crippen molar-refractivity contribution in [3.8, 4) is 0 Å². The Balaban J connectivity index is 2.08. The smallest absolute Gasteiger partial charge is 0.225 e. The molecule has 0 atom stereocenters. The van der Waals surface area contributed by atoms with Gasteiger partial charge in [-0.05, 0) is 58.2 Å². The molecule has 108 valence electrons. The molecule has 0 unspecified atom stereocenters. The molecule has 3 nitrogen and oxygen atoms in total. The van der Waals surface area contributed by atoms with E-state index < -0.39 is 0 Å². The number of fused-ring (bicyclic) bond motifs is 1. The van der Waals surface area contributed by atoms with Crippen LogP contribution in [-0.4, -0.2) is 9.97 Å². The fourth-order valence-corrected chi connectivity index (χ4v) is 3.90. The van der Waals surface area contributed by atoms with Gasteiger partial charge >= 0.3 is 0 Å². The number of hydrogen-bond donors (Lipinski definition) is 1. The third-order valence-corrected chi connectivity index (χ3v) is 5.18. The van der Waals surface area contributed by atoms with Crippen LogP contribution in [0.2, 0.25) is 10.3 Å². The molecule has 0 amide bonds. The highest BCUT2D eigenvalue weighted by Crippen LogP contribution is 2.34. The van der Waals surface area contributed by atoms with Gasteiger partial charge in [-0.2, -0.15) is 4.98 Å². The Bertz CT molecular complexity index is 819. The Morgan fingerprint density at radius 2 is 2.05 bits per heavy atom. The lowest BCUT2D eigenvalue weighted by Gasteiger charge is -2.09. The molecular formula is C14H10BrCl2N3S. The van der Waals surface area contributed by atoms with E-state index in [9.17, 15) is 0 Å². The topological polar surface area (TPSA) is 37.8 Å². The molecule has 2 heterocycles. The maximum atomic E-state index is 6.02. The number of aryl methyl sites for hydroxylation is 1. The van der Waals surface area contributed by atoms with E-state index in [0.717, 1.165) is 26.8 Å². The number of hydrogen-bond acceptors (Lipinski definition) is 4. The largest absolute Gasteiger partial charge is 0.339 e. The number of anilines is 2. The van der Waals surface area contributed by atoms with Gasteiger partial charge in [-0.1, -0.05) is 18.5 Å². The van der Waals surface area contributed by atoms with Crippen LogP contribution in [0, 0.1) is 0 Å². The molecule has 0 saturated carbocycles. The zero-order chi connectivity index (χ0) is 15.0. The maximum Gasteiger partial charge on any atom is 0.225 e. The van der Waals surface area contributed by atoms with Gasteiger partial charge < -0.3 is 5.32 Å². The van der Waals surface area contributed by atoms with Crippen molar-refractivity contribution in [1.29, 1.82) is 0 Å². The standard InChI is InChI=1S/C14H10BrCl2N3S/c1-2-8-6-9-12(19-14(17)20-13(9)21-8)18-11-4-3-7(16)5-10(11)15/h3-6H,2H2,1H3,(H,18,19,20). The molecule has 0 bridgehead atoms. The van der Waals surface area contributed by atoms with Crippen LogP contribution in [0.1, 0.15) is 11.8 Å². The fourth-order valence-electron chi connectivity index (χ4n) is 1.93. The minimum Gasteiger partial charge on any atom is -0.339 e. The average Bonchev–Trinajstić information content (AvgIpc) is 2.85. The predicted molar refractivity (Wildman–Crippen MR) is 94.2 cm³/mol. The highest BCUT2D eigenvalue weighted by Gasteiger charge is 2.12. The first-order chi connectivity index (χ1) is 10.1. The fraction of sp³-hybridized carbons (Fsp3) is 0.143. The summed E-state index contributed by atoms with van der Waals surface area (Å²) in [5.41, 5.74) is 0.875. The van der Waals surface area contributed by atoms with Gasteiger partial charge in [0.2, 0.25) is 5.28 Å². The Kier molecular flexibility index (Phi) is 4.36. The zero-order valence-corrected chi connectivity index (χ0v) is 14.9. The van der Waals surface area contributed by atoms with Gasteiger partial charge in [0.05, 0.1) is 11.1 Å². The summed E-state index contributed by atoms with van der Waals surface area (Å²) in [7, 11) is 0. The molecule has 3 aromatic rings. The molecule has 21 heavy (non-hydrogen) atoms. The van der Waals surface area contributed by atoms with Crippen LogP contribution in [0.5, 0.6) is 0 Å². The summed E-state index contributed by atoms with van der Waals surface area (Å²) in [6, 6.07) is 7.64. The van der Waals surface area contributed by atoms with Crippen molar-refractivity contribution in [2.24, 2.45) is 0 Å². The summed E-state index contributed by atoms with van der Waals surface area (Å²) in [5, 5.41) is 5.17. The molecule has 1 N–H and O–H groups in total. The molecule has 3 rings (SSSR count). The van der Waals surface area contributed by atoms with Crippen molar-refractivity contribution >= 4 is 72.2 Å². The van der Waals surface area contributed by atoms with Crippen molar-refractivity contribution in [2.45, 2.75) is 13.3 Å². The van der Waals surface area contributed by atoms with Crippen LogP contribution >= 0.6 is 50.5 Å². The molecule has 0 saturated heterocycles. The predicted octanol–water partition coefficient (Wildman–Crippen LogP) is 6.07. The Labute approximate surface area is 144 Å². The van der Waals surface area contributed by atoms with Crippen LogP contribution in [0.4, 0.5) is 11.5 Å². The van der Waals surface area contributed by atoms with Crippen LogP contribution in [0.15, 0.2) is 28.7 Å². The zero-order valence-electron chi connectivity index (χ0n) is 11.0. The van der Waals surface area contributed by atoms with Gasteiger partial charge in [-0.25, -0.2) is 4.98 Å². The quantitative estimate of drug-likeness (QED) is 0.540.